The van der Waals surface area contributed by atoms with Crippen LogP contribution in [0.5, 0.6) is 0 Å². The first-order valence-corrected chi connectivity index (χ1v) is 15.0. The van der Waals surface area contributed by atoms with Gasteiger partial charge in [-0.25, -0.2) is 0 Å². The molecule has 0 aromatic rings. The lowest BCUT2D eigenvalue weighted by molar-refractivity contribution is 0.174. The van der Waals surface area contributed by atoms with Gasteiger partial charge in [-0.05, 0) is 19.4 Å². The summed E-state index contributed by atoms with van der Waals surface area (Å²) >= 11 is 2.11. The molecule has 0 heterocycles. The lowest BCUT2D eigenvalue weighted by Crippen LogP contribution is -2.44. The fourth-order valence-electron chi connectivity index (χ4n) is 1.34. The van der Waals surface area contributed by atoms with Gasteiger partial charge in [-0.1, -0.05) is 46.3 Å². The molecule has 0 radical (unpaired) electrons. The highest BCUT2D eigenvalue weighted by Gasteiger charge is 2.33. The Morgan fingerprint density at radius 3 is 1.61 bits per heavy atom. The zero-order chi connectivity index (χ0) is 14.1. The first-order chi connectivity index (χ1) is 8.33. The molecule has 2 nitrogen and oxygen atoms in total. The van der Waals surface area contributed by atoms with Crippen molar-refractivity contribution in [3.05, 3.63) is 0 Å². The molecular weight excluding hydrogens is 276 g/mol. The number of hydrogen-bond donors (Lipinski definition) is 0. The van der Waals surface area contributed by atoms with Gasteiger partial charge in [0.15, 0.2) is 0 Å². The highest BCUT2D eigenvalue weighted by atomic mass is 32.4. The molecule has 0 aliphatic heterocycles. The number of hydrogen-bond acceptors (Lipinski definition) is 3. The average molecular weight is 309 g/mol. The molecule has 110 valence electrons. The standard InChI is InChI=1S/C13H32O2SSi2/c1-7-9-11-14-18(6,15-12-10-8-2)13-16-17(3,4)5/h7-13H2,1-6H3. The Balaban J connectivity index is 4.20. The SMILES string of the molecule is CCCCO[Si](C)(CS[Si](C)(C)C)OCCCC. The van der Waals surface area contributed by atoms with E-state index in [4.69, 9.17) is 8.85 Å². The van der Waals surface area contributed by atoms with E-state index in [-0.39, 0.29) is 0 Å². The Labute approximate surface area is 120 Å². The molecule has 0 aromatic heterocycles. The van der Waals surface area contributed by atoms with Crippen LogP contribution in [-0.2, 0) is 8.85 Å². The second kappa shape index (κ2) is 9.58. The molecular formula is C13H32O2SSi2. The summed E-state index contributed by atoms with van der Waals surface area (Å²) in [7, 11) is -3.01. The maximum Gasteiger partial charge on any atom is 0.344 e. The third-order valence-electron chi connectivity index (χ3n) is 2.58. The van der Waals surface area contributed by atoms with Crippen LogP contribution in [0.15, 0.2) is 0 Å². The molecule has 0 aliphatic carbocycles. The topological polar surface area (TPSA) is 18.5 Å². The first-order valence-electron chi connectivity index (χ1n) is 7.25. The van der Waals surface area contributed by atoms with Crippen LogP contribution in [0, 0.1) is 0 Å². The van der Waals surface area contributed by atoms with E-state index in [2.05, 4.69) is 51.2 Å². The third kappa shape index (κ3) is 10.6. The van der Waals surface area contributed by atoms with Gasteiger partial charge >= 0.3 is 8.56 Å². The Morgan fingerprint density at radius 1 is 0.833 bits per heavy atom. The van der Waals surface area contributed by atoms with Crippen molar-refractivity contribution in [2.45, 2.75) is 65.7 Å². The second-order valence-corrected chi connectivity index (χ2v) is 19.0. The Hall–Kier alpha value is 0.704. The fraction of sp³-hybridized carbons (Fsp3) is 1.00. The van der Waals surface area contributed by atoms with E-state index in [1.807, 2.05) is 0 Å². The van der Waals surface area contributed by atoms with Gasteiger partial charge in [0.25, 0.3) is 0 Å². The van der Waals surface area contributed by atoms with Crippen LogP contribution < -0.4 is 0 Å². The molecule has 0 saturated carbocycles. The Kier molecular flexibility index (Phi) is 9.96. The molecule has 0 fully saturated rings. The van der Waals surface area contributed by atoms with Crippen molar-refractivity contribution in [3.8, 4) is 0 Å². The van der Waals surface area contributed by atoms with Crippen LogP contribution in [-0.4, -0.2) is 34.4 Å². The van der Waals surface area contributed by atoms with Crippen molar-refractivity contribution in [2.75, 3.05) is 18.6 Å². The minimum Gasteiger partial charge on any atom is -0.394 e. The minimum atomic E-state index is -1.94. The maximum absolute atomic E-state index is 6.13. The summed E-state index contributed by atoms with van der Waals surface area (Å²) in [6, 6.07) is 0. The zero-order valence-corrected chi connectivity index (χ0v) is 16.0. The molecule has 0 spiro atoms. The number of unbranched alkanes of at least 4 members (excludes halogenated alkanes) is 2. The number of rotatable bonds is 11. The largest absolute Gasteiger partial charge is 0.394 e. The van der Waals surface area contributed by atoms with E-state index in [1.165, 1.54) is 12.8 Å². The molecule has 0 bridgehead atoms. The van der Waals surface area contributed by atoms with E-state index in [1.54, 1.807) is 0 Å². The lowest BCUT2D eigenvalue weighted by Gasteiger charge is -2.29. The van der Waals surface area contributed by atoms with Gasteiger partial charge in [0, 0.05) is 18.6 Å². The quantitative estimate of drug-likeness (QED) is 0.403. The minimum absolute atomic E-state index is 0.873. The van der Waals surface area contributed by atoms with E-state index in [9.17, 15) is 0 Å². The second-order valence-electron chi connectivity index (χ2n) is 5.94. The Bertz CT molecular complexity index is 198. The predicted octanol–water partition coefficient (Wildman–Crippen LogP) is 4.80. The zero-order valence-electron chi connectivity index (χ0n) is 13.2. The van der Waals surface area contributed by atoms with Crippen LogP contribution in [0.3, 0.4) is 0 Å². The molecule has 0 amide bonds. The summed E-state index contributed by atoms with van der Waals surface area (Å²) in [4.78, 5) is 0. The van der Waals surface area contributed by atoms with Crippen molar-refractivity contribution < 1.29 is 8.85 Å². The molecule has 5 heteroatoms. The van der Waals surface area contributed by atoms with E-state index in [0.29, 0.717) is 0 Å². The molecule has 0 unspecified atom stereocenters. The first kappa shape index (κ1) is 18.7. The van der Waals surface area contributed by atoms with Crippen molar-refractivity contribution in [1.29, 1.82) is 0 Å². The highest BCUT2D eigenvalue weighted by molar-refractivity contribution is 8.29. The normalized spacial score (nSPS) is 13.0. The van der Waals surface area contributed by atoms with Crippen LogP contribution in [0.25, 0.3) is 0 Å². The molecule has 18 heavy (non-hydrogen) atoms. The van der Waals surface area contributed by atoms with E-state index < -0.39 is 15.8 Å². The summed E-state index contributed by atoms with van der Waals surface area (Å²) in [6.45, 7) is 15.6. The van der Waals surface area contributed by atoms with Crippen molar-refractivity contribution in [1.82, 2.24) is 0 Å². The smallest absolute Gasteiger partial charge is 0.344 e. The molecule has 0 atom stereocenters. The summed E-state index contributed by atoms with van der Waals surface area (Å²) in [5.41, 5.74) is 0. The van der Waals surface area contributed by atoms with Gasteiger partial charge in [0.05, 0.1) is 0 Å². The molecule has 0 saturated heterocycles. The van der Waals surface area contributed by atoms with Gasteiger partial charge in [0.1, 0.15) is 7.22 Å². The monoisotopic (exact) mass is 308 g/mol. The predicted molar refractivity (Wildman–Crippen MR) is 89.1 cm³/mol. The molecule has 0 rings (SSSR count). The lowest BCUT2D eigenvalue weighted by atomic mass is 10.4. The van der Waals surface area contributed by atoms with Gasteiger partial charge in [-0.15, -0.1) is 0 Å². The van der Waals surface area contributed by atoms with Gasteiger partial charge < -0.3 is 8.85 Å². The maximum atomic E-state index is 6.13. The van der Waals surface area contributed by atoms with Crippen LogP contribution in [0.2, 0.25) is 26.2 Å². The average Bonchev–Trinajstić information content (AvgIpc) is 2.27. The van der Waals surface area contributed by atoms with Crippen LogP contribution >= 0.6 is 11.2 Å². The molecule has 0 aliphatic rings. The highest BCUT2D eigenvalue weighted by Crippen LogP contribution is 2.25. The van der Waals surface area contributed by atoms with Gasteiger partial charge in [-0.2, -0.15) is 11.2 Å². The third-order valence-corrected chi connectivity index (χ3v) is 11.6. The van der Waals surface area contributed by atoms with Gasteiger partial charge in [-0.3, -0.25) is 0 Å². The summed E-state index contributed by atoms with van der Waals surface area (Å²) in [5.74, 6) is 0. The summed E-state index contributed by atoms with van der Waals surface area (Å²) in [6.07, 6.45) is 4.69. The molecule has 0 N–H and O–H groups in total. The fourth-order valence-corrected chi connectivity index (χ4v) is 12.3. The van der Waals surface area contributed by atoms with Gasteiger partial charge in [0.2, 0.25) is 0 Å². The van der Waals surface area contributed by atoms with Crippen molar-refractivity contribution >= 4 is 27.0 Å². The molecule has 0 aromatic carbocycles. The van der Waals surface area contributed by atoms with Crippen molar-refractivity contribution in [3.63, 3.8) is 0 Å². The van der Waals surface area contributed by atoms with Crippen LogP contribution in [0.4, 0.5) is 0 Å². The van der Waals surface area contributed by atoms with Crippen molar-refractivity contribution in [2.24, 2.45) is 0 Å². The van der Waals surface area contributed by atoms with Crippen LogP contribution in [0.1, 0.15) is 39.5 Å². The van der Waals surface area contributed by atoms with E-state index in [0.717, 1.165) is 31.4 Å². The Morgan fingerprint density at radius 2 is 1.28 bits per heavy atom. The van der Waals surface area contributed by atoms with E-state index >= 15 is 0 Å². The summed E-state index contributed by atoms with van der Waals surface area (Å²) in [5, 5.41) is 1.09. The summed E-state index contributed by atoms with van der Waals surface area (Å²) < 4.78 is 12.3.